The summed E-state index contributed by atoms with van der Waals surface area (Å²) in [5.74, 6) is -2.67. The van der Waals surface area contributed by atoms with Crippen LogP contribution in [0.3, 0.4) is 0 Å². The smallest absolute Gasteiger partial charge is 0.165 e. The van der Waals surface area contributed by atoms with Gasteiger partial charge in [-0.1, -0.05) is 24.3 Å². The molecule has 100 valence electrons. The molecule has 0 radical (unpaired) electrons. The molecule has 0 amide bonds. The van der Waals surface area contributed by atoms with Crippen LogP contribution in [0.25, 0.3) is 0 Å². The van der Waals surface area contributed by atoms with Gasteiger partial charge in [-0.2, -0.15) is 0 Å². The summed E-state index contributed by atoms with van der Waals surface area (Å²) in [6.07, 6.45) is 0. The molecule has 4 heteroatoms. The molecule has 0 saturated heterocycles. The summed E-state index contributed by atoms with van der Waals surface area (Å²) >= 11 is 0. The van der Waals surface area contributed by atoms with Gasteiger partial charge in [0.1, 0.15) is 11.4 Å². The summed E-state index contributed by atoms with van der Waals surface area (Å²) in [6, 6.07) is 7.85. The van der Waals surface area contributed by atoms with Crippen LogP contribution in [0.4, 0.5) is 13.2 Å². The van der Waals surface area contributed by atoms with E-state index >= 15 is 0 Å². The highest BCUT2D eigenvalue weighted by molar-refractivity contribution is 5.38. The first-order valence-electron chi connectivity index (χ1n) is 5.77. The fraction of sp³-hybridized carbons (Fsp3) is 0.200. The van der Waals surface area contributed by atoms with Crippen molar-refractivity contribution in [2.24, 2.45) is 0 Å². The van der Waals surface area contributed by atoms with E-state index in [-0.39, 0.29) is 16.7 Å². The van der Waals surface area contributed by atoms with E-state index in [0.717, 1.165) is 6.07 Å². The molecule has 19 heavy (non-hydrogen) atoms. The van der Waals surface area contributed by atoms with Crippen molar-refractivity contribution < 1.29 is 18.3 Å². The maximum Gasteiger partial charge on any atom is 0.165 e. The molecule has 2 aromatic carbocycles. The summed E-state index contributed by atoms with van der Waals surface area (Å²) in [4.78, 5) is 0. The van der Waals surface area contributed by atoms with Crippen molar-refractivity contribution in [1.82, 2.24) is 0 Å². The normalized spacial score (nSPS) is 14.2. The van der Waals surface area contributed by atoms with Crippen molar-refractivity contribution in [3.63, 3.8) is 0 Å². The molecule has 0 fully saturated rings. The van der Waals surface area contributed by atoms with Gasteiger partial charge in [0.15, 0.2) is 11.6 Å². The minimum absolute atomic E-state index is 0.149. The van der Waals surface area contributed by atoms with Gasteiger partial charge in [-0.25, -0.2) is 13.2 Å². The third kappa shape index (κ3) is 2.36. The number of benzene rings is 2. The maximum atomic E-state index is 13.9. The highest BCUT2D eigenvalue weighted by atomic mass is 19.2. The van der Waals surface area contributed by atoms with E-state index < -0.39 is 23.1 Å². The zero-order valence-corrected chi connectivity index (χ0v) is 10.5. The lowest BCUT2D eigenvalue weighted by molar-refractivity contribution is 0.0966. The van der Waals surface area contributed by atoms with Crippen LogP contribution in [0.1, 0.15) is 23.6 Å². The topological polar surface area (TPSA) is 20.2 Å². The van der Waals surface area contributed by atoms with E-state index in [1.807, 2.05) is 0 Å². The van der Waals surface area contributed by atoms with Crippen LogP contribution in [0.15, 0.2) is 36.4 Å². The van der Waals surface area contributed by atoms with Crippen LogP contribution in [-0.2, 0) is 5.60 Å². The molecule has 2 rings (SSSR count). The summed E-state index contributed by atoms with van der Waals surface area (Å²) in [5, 5.41) is 10.4. The minimum Gasteiger partial charge on any atom is -0.381 e. The van der Waals surface area contributed by atoms with Gasteiger partial charge in [-0.05, 0) is 37.1 Å². The zero-order valence-electron chi connectivity index (χ0n) is 10.5. The molecule has 0 saturated carbocycles. The van der Waals surface area contributed by atoms with Gasteiger partial charge in [0.2, 0.25) is 0 Å². The van der Waals surface area contributed by atoms with E-state index in [4.69, 9.17) is 0 Å². The second-order valence-corrected chi connectivity index (χ2v) is 4.64. The number of aryl methyl sites for hydroxylation is 1. The molecule has 1 unspecified atom stereocenters. The molecular weight excluding hydrogens is 253 g/mol. The first kappa shape index (κ1) is 13.6. The number of halogens is 3. The molecule has 0 aliphatic heterocycles. The number of aliphatic hydroxyl groups is 1. The molecule has 0 aliphatic carbocycles. The highest BCUT2D eigenvalue weighted by Crippen LogP contribution is 2.32. The zero-order chi connectivity index (χ0) is 14.2. The molecule has 0 aliphatic rings. The second-order valence-electron chi connectivity index (χ2n) is 4.64. The lowest BCUT2D eigenvalue weighted by atomic mass is 9.87. The molecule has 0 aromatic heterocycles. The molecule has 0 bridgehead atoms. The molecule has 1 N–H and O–H groups in total. The van der Waals surface area contributed by atoms with E-state index in [1.54, 1.807) is 0 Å². The van der Waals surface area contributed by atoms with Crippen LogP contribution in [0, 0.1) is 24.4 Å². The van der Waals surface area contributed by atoms with Crippen LogP contribution >= 0.6 is 0 Å². The van der Waals surface area contributed by atoms with E-state index in [2.05, 4.69) is 0 Å². The summed E-state index contributed by atoms with van der Waals surface area (Å²) in [7, 11) is 0. The SMILES string of the molecule is Cc1ccc(C(C)(O)c2cccc(F)c2)c(F)c1F. The Kier molecular flexibility index (Phi) is 3.37. The van der Waals surface area contributed by atoms with Crippen molar-refractivity contribution in [2.75, 3.05) is 0 Å². The van der Waals surface area contributed by atoms with Gasteiger partial charge in [0.25, 0.3) is 0 Å². The fourth-order valence-corrected chi connectivity index (χ4v) is 1.97. The van der Waals surface area contributed by atoms with Crippen LogP contribution < -0.4 is 0 Å². The Morgan fingerprint density at radius 2 is 1.68 bits per heavy atom. The van der Waals surface area contributed by atoms with Gasteiger partial charge in [-0.15, -0.1) is 0 Å². The average Bonchev–Trinajstić information content (AvgIpc) is 2.36. The summed E-state index contributed by atoms with van der Waals surface area (Å²) in [6.45, 7) is 2.73. The lowest BCUT2D eigenvalue weighted by Crippen LogP contribution is -2.25. The number of rotatable bonds is 2. The fourth-order valence-electron chi connectivity index (χ4n) is 1.97. The summed E-state index contributed by atoms with van der Waals surface area (Å²) in [5.41, 5.74) is -1.71. The molecule has 1 nitrogen and oxygen atoms in total. The minimum atomic E-state index is -1.80. The maximum absolute atomic E-state index is 13.9. The van der Waals surface area contributed by atoms with E-state index in [9.17, 15) is 18.3 Å². The quantitative estimate of drug-likeness (QED) is 0.879. The Bertz CT molecular complexity index is 621. The predicted octanol–water partition coefficient (Wildman–Crippen LogP) is 3.67. The Labute approximate surface area is 109 Å². The molecular formula is C15H13F3O. The van der Waals surface area contributed by atoms with Gasteiger partial charge < -0.3 is 5.11 Å². The average molecular weight is 266 g/mol. The first-order valence-corrected chi connectivity index (χ1v) is 5.77. The van der Waals surface area contributed by atoms with Gasteiger partial charge in [-0.3, -0.25) is 0 Å². The van der Waals surface area contributed by atoms with Crippen LogP contribution in [0.2, 0.25) is 0 Å². The Morgan fingerprint density at radius 1 is 1.00 bits per heavy atom. The van der Waals surface area contributed by atoms with E-state index in [0.29, 0.717) is 0 Å². The standard InChI is InChI=1S/C15H13F3O/c1-9-6-7-12(14(18)13(9)17)15(2,19)10-4-3-5-11(16)8-10/h3-8,19H,1-2H3. The number of hydrogen-bond acceptors (Lipinski definition) is 1. The van der Waals surface area contributed by atoms with Gasteiger partial charge in [0, 0.05) is 5.56 Å². The Morgan fingerprint density at radius 3 is 2.32 bits per heavy atom. The largest absolute Gasteiger partial charge is 0.381 e. The van der Waals surface area contributed by atoms with Gasteiger partial charge in [0.05, 0.1) is 0 Å². The van der Waals surface area contributed by atoms with Crippen molar-refractivity contribution in [2.45, 2.75) is 19.4 Å². The predicted molar refractivity (Wildman–Crippen MR) is 66.2 cm³/mol. The van der Waals surface area contributed by atoms with Crippen molar-refractivity contribution in [3.05, 3.63) is 70.5 Å². The summed E-state index contributed by atoms with van der Waals surface area (Å²) < 4.78 is 40.7. The van der Waals surface area contributed by atoms with Crippen LogP contribution in [-0.4, -0.2) is 5.11 Å². The third-order valence-corrected chi connectivity index (χ3v) is 3.19. The van der Waals surface area contributed by atoms with Crippen LogP contribution in [0.5, 0.6) is 0 Å². The highest BCUT2D eigenvalue weighted by Gasteiger charge is 2.30. The molecule has 0 heterocycles. The van der Waals surface area contributed by atoms with Crippen molar-refractivity contribution in [1.29, 1.82) is 0 Å². The molecule has 2 aromatic rings. The van der Waals surface area contributed by atoms with Gasteiger partial charge >= 0.3 is 0 Å². The van der Waals surface area contributed by atoms with E-state index in [1.165, 1.54) is 44.2 Å². The second kappa shape index (κ2) is 4.70. The van der Waals surface area contributed by atoms with Crippen molar-refractivity contribution >= 4 is 0 Å². The molecule has 0 spiro atoms. The molecule has 1 atom stereocenters. The Hall–Kier alpha value is -1.81. The third-order valence-electron chi connectivity index (χ3n) is 3.19. The lowest BCUT2D eigenvalue weighted by Gasteiger charge is -2.25. The van der Waals surface area contributed by atoms with Crippen molar-refractivity contribution in [3.8, 4) is 0 Å². The monoisotopic (exact) mass is 266 g/mol. The first-order chi connectivity index (χ1) is 8.84. The number of hydrogen-bond donors (Lipinski definition) is 1. The Balaban J connectivity index is 2.60.